The fourth-order valence-electron chi connectivity index (χ4n) is 2.98. The Morgan fingerprint density at radius 2 is 2.00 bits per heavy atom. The van der Waals surface area contributed by atoms with E-state index >= 15 is 0 Å². The molecule has 0 fully saturated rings. The first-order valence-electron chi connectivity index (χ1n) is 7.23. The molecule has 0 spiro atoms. The maximum Gasteiger partial charge on any atom is 0.326 e. The Labute approximate surface area is 123 Å². The molecule has 0 bridgehead atoms. The lowest BCUT2D eigenvalue weighted by molar-refractivity contribution is 0.257. The largest absolute Gasteiger partial charge is 0.493 e. The van der Waals surface area contributed by atoms with Crippen molar-refractivity contribution in [3.8, 4) is 5.75 Å². The third-order valence-electron chi connectivity index (χ3n) is 4.08. The number of ether oxygens (including phenoxy) is 1. The summed E-state index contributed by atoms with van der Waals surface area (Å²) >= 11 is 0. The van der Waals surface area contributed by atoms with Crippen LogP contribution in [0.1, 0.15) is 11.1 Å². The lowest BCUT2D eigenvalue weighted by atomic mass is 10.1. The van der Waals surface area contributed by atoms with E-state index in [-0.39, 0.29) is 6.03 Å². The molecule has 2 aromatic rings. The van der Waals surface area contributed by atoms with Gasteiger partial charge in [0, 0.05) is 30.4 Å². The highest BCUT2D eigenvalue weighted by atomic mass is 16.5. The van der Waals surface area contributed by atoms with Crippen molar-refractivity contribution in [2.45, 2.75) is 12.8 Å². The minimum Gasteiger partial charge on any atom is -0.493 e. The predicted molar refractivity (Wildman–Crippen MR) is 82.2 cm³/mol. The van der Waals surface area contributed by atoms with Crippen molar-refractivity contribution in [3.63, 3.8) is 0 Å². The van der Waals surface area contributed by atoms with Crippen molar-refractivity contribution in [2.24, 2.45) is 0 Å². The minimum absolute atomic E-state index is 0.0853. The van der Waals surface area contributed by atoms with Crippen molar-refractivity contribution in [1.82, 2.24) is 0 Å². The highest BCUT2D eigenvalue weighted by molar-refractivity contribution is 6.03. The second kappa shape index (κ2) is 4.81. The number of hydrogen-bond donors (Lipinski definition) is 1. The van der Waals surface area contributed by atoms with Gasteiger partial charge in [-0.3, -0.25) is 4.90 Å². The van der Waals surface area contributed by atoms with Crippen LogP contribution in [0.5, 0.6) is 5.75 Å². The quantitative estimate of drug-likeness (QED) is 0.871. The number of nitrogens with zero attached hydrogens (tertiary/aromatic N) is 1. The number of anilines is 2. The minimum atomic E-state index is -0.0853. The van der Waals surface area contributed by atoms with Gasteiger partial charge >= 0.3 is 6.03 Å². The summed E-state index contributed by atoms with van der Waals surface area (Å²) in [6.07, 6.45) is 1.86. The van der Waals surface area contributed by atoms with Crippen LogP contribution in [-0.2, 0) is 12.8 Å². The maximum absolute atomic E-state index is 12.5. The lowest BCUT2D eigenvalue weighted by Crippen LogP contribution is -2.33. The number of rotatable bonds is 1. The molecule has 2 aliphatic rings. The molecule has 0 saturated heterocycles. The molecular weight excluding hydrogens is 264 g/mol. The lowest BCUT2D eigenvalue weighted by Gasteiger charge is -2.18. The summed E-state index contributed by atoms with van der Waals surface area (Å²) in [5, 5.41) is 2.96. The molecule has 2 aromatic carbocycles. The zero-order valence-corrected chi connectivity index (χ0v) is 11.6. The molecule has 4 rings (SSSR count). The second-order valence-electron chi connectivity index (χ2n) is 5.38. The van der Waals surface area contributed by atoms with Gasteiger partial charge in [0.05, 0.1) is 6.61 Å². The Bertz CT molecular complexity index is 712. The molecule has 2 aliphatic heterocycles. The first-order valence-corrected chi connectivity index (χ1v) is 7.23. The summed E-state index contributed by atoms with van der Waals surface area (Å²) in [5.74, 6) is 0.884. The van der Waals surface area contributed by atoms with E-state index in [9.17, 15) is 4.79 Å². The van der Waals surface area contributed by atoms with Gasteiger partial charge in [0.2, 0.25) is 0 Å². The zero-order chi connectivity index (χ0) is 14.2. The summed E-state index contributed by atoms with van der Waals surface area (Å²) in [5.41, 5.74) is 4.22. The number of urea groups is 1. The third kappa shape index (κ3) is 2.13. The number of hydrogen-bond acceptors (Lipinski definition) is 2. The van der Waals surface area contributed by atoms with Crippen LogP contribution >= 0.6 is 0 Å². The number of carbonyl (C=O) groups is 1. The average Bonchev–Trinajstić information content (AvgIpc) is 3.13. The van der Waals surface area contributed by atoms with Gasteiger partial charge < -0.3 is 10.1 Å². The molecule has 1 N–H and O–H groups in total. The summed E-state index contributed by atoms with van der Waals surface area (Å²) in [4.78, 5) is 14.2. The molecule has 2 heterocycles. The topological polar surface area (TPSA) is 41.6 Å². The van der Waals surface area contributed by atoms with Gasteiger partial charge in [-0.15, -0.1) is 0 Å². The van der Waals surface area contributed by atoms with Crippen molar-refractivity contribution in [1.29, 1.82) is 0 Å². The maximum atomic E-state index is 12.5. The van der Waals surface area contributed by atoms with E-state index in [2.05, 4.69) is 11.4 Å². The van der Waals surface area contributed by atoms with E-state index < -0.39 is 0 Å². The zero-order valence-electron chi connectivity index (χ0n) is 11.6. The smallest absolute Gasteiger partial charge is 0.326 e. The number of carbonyl (C=O) groups excluding carboxylic acids is 1. The van der Waals surface area contributed by atoms with Crippen molar-refractivity contribution >= 4 is 17.4 Å². The van der Waals surface area contributed by atoms with E-state index in [1.165, 1.54) is 11.1 Å². The average molecular weight is 280 g/mol. The fraction of sp³-hybridized carbons (Fsp3) is 0.235. The van der Waals surface area contributed by atoms with Crippen LogP contribution in [-0.4, -0.2) is 19.2 Å². The van der Waals surface area contributed by atoms with E-state index in [1.807, 2.05) is 36.4 Å². The standard InChI is InChI=1S/C17H16N2O2/c20-17(19-9-7-12-3-1-2-4-15(12)19)18-14-6-5-13-8-10-21-16(13)11-14/h1-6,11H,7-10H2,(H,18,20). The highest BCUT2D eigenvalue weighted by Gasteiger charge is 2.24. The molecule has 0 aromatic heterocycles. The summed E-state index contributed by atoms with van der Waals surface area (Å²) in [7, 11) is 0. The van der Waals surface area contributed by atoms with Crippen LogP contribution in [0.3, 0.4) is 0 Å². The van der Waals surface area contributed by atoms with Crippen molar-refractivity contribution in [3.05, 3.63) is 53.6 Å². The van der Waals surface area contributed by atoms with Gasteiger partial charge in [-0.1, -0.05) is 24.3 Å². The van der Waals surface area contributed by atoms with Crippen molar-refractivity contribution < 1.29 is 9.53 Å². The van der Waals surface area contributed by atoms with E-state index in [0.717, 1.165) is 43.1 Å². The normalized spacial score (nSPS) is 15.3. The van der Waals surface area contributed by atoms with E-state index in [1.54, 1.807) is 4.90 Å². The molecule has 0 saturated carbocycles. The Morgan fingerprint density at radius 3 is 2.95 bits per heavy atom. The van der Waals surface area contributed by atoms with Gasteiger partial charge in [0.15, 0.2) is 0 Å². The molecule has 106 valence electrons. The van der Waals surface area contributed by atoms with Gasteiger partial charge in [0.1, 0.15) is 5.75 Å². The summed E-state index contributed by atoms with van der Waals surface area (Å²) in [6, 6.07) is 13.8. The predicted octanol–water partition coefficient (Wildman–Crippen LogP) is 3.22. The molecule has 2 amide bonds. The van der Waals surface area contributed by atoms with Crippen LogP contribution in [0.15, 0.2) is 42.5 Å². The Morgan fingerprint density at radius 1 is 1.10 bits per heavy atom. The number of para-hydroxylation sites is 1. The van der Waals surface area contributed by atoms with Gasteiger partial charge in [0.25, 0.3) is 0 Å². The molecule has 0 radical (unpaired) electrons. The van der Waals surface area contributed by atoms with E-state index in [4.69, 9.17) is 4.74 Å². The number of benzene rings is 2. The number of fused-ring (bicyclic) bond motifs is 2. The fourth-order valence-corrected chi connectivity index (χ4v) is 2.98. The molecule has 0 aliphatic carbocycles. The van der Waals surface area contributed by atoms with Crippen molar-refractivity contribution in [2.75, 3.05) is 23.4 Å². The first kappa shape index (κ1) is 12.3. The van der Waals surface area contributed by atoms with Crippen LogP contribution in [0, 0.1) is 0 Å². The Kier molecular flexibility index (Phi) is 2.81. The van der Waals surface area contributed by atoms with Crippen LogP contribution < -0.4 is 15.0 Å². The SMILES string of the molecule is O=C(Nc1ccc2c(c1)OCC2)N1CCc2ccccc21. The Balaban J connectivity index is 1.54. The van der Waals surface area contributed by atoms with Crippen LogP contribution in [0.2, 0.25) is 0 Å². The van der Waals surface area contributed by atoms with Crippen LogP contribution in [0.25, 0.3) is 0 Å². The first-order chi connectivity index (χ1) is 10.3. The molecule has 21 heavy (non-hydrogen) atoms. The second-order valence-corrected chi connectivity index (χ2v) is 5.38. The molecule has 4 nitrogen and oxygen atoms in total. The number of amides is 2. The molecule has 0 atom stereocenters. The molecular formula is C17H16N2O2. The van der Waals surface area contributed by atoms with Gasteiger partial charge in [-0.25, -0.2) is 4.79 Å². The number of nitrogens with one attached hydrogen (secondary N) is 1. The Hall–Kier alpha value is -2.49. The molecule has 0 unspecified atom stereocenters. The monoisotopic (exact) mass is 280 g/mol. The third-order valence-corrected chi connectivity index (χ3v) is 4.08. The summed E-state index contributed by atoms with van der Waals surface area (Å²) < 4.78 is 5.54. The van der Waals surface area contributed by atoms with Crippen LogP contribution in [0.4, 0.5) is 16.2 Å². The summed E-state index contributed by atoms with van der Waals surface area (Å²) in [6.45, 7) is 1.46. The highest BCUT2D eigenvalue weighted by Crippen LogP contribution is 2.30. The van der Waals surface area contributed by atoms with Gasteiger partial charge in [-0.05, 0) is 29.7 Å². The molecule has 4 heteroatoms. The van der Waals surface area contributed by atoms with Gasteiger partial charge in [-0.2, -0.15) is 0 Å². The van der Waals surface area contributed by atoms with E-state index in [0.29, 0.717) is 0 Å².